The number of benzene rings is 1. The molecule has 198 valence electrons. The fraction of sp³-hybridized carbons (Fsp3) is 0.435. The summed E-state index contributed by atoms with van der Waals surface area (Å²) >= 11 is 0. The van der Waals surface area contributed by atoms with Crippen LogP contribution in [0.3, 0.4) is 0 Å². The van der Waals surface area contributed by atoms with Crippen LogP contribution in [0.5, 0.6) is 11.5 Å². The molecule has 0 spiro atoms. The summed E-state index contributed by atoms with van der Waals surface area (Å²) in [7, 11) is -3.67. The van der Waals surface area contributed by atoms with E-state index in [0.29, 0.717) is 73.9 Å². The molecule has 14 heteroatoms. The summed E-state index contributed by atoms with van der Waals surface area (Å²) in [6, 6.07) is 5.11. The van der Waals surface area contributed by atoms with Crippen LogP contribution in [0.4, 0.5) is 15.0 Å². The van der Waals surface area contributed by atoms with Crippen molar-refractivity contribution in [1.82, 2.24) is 19.5 Å². The van der Waals surface area contributed by atoms with Crippen molar-refractivity contribution in [3.8, 4) is 11.5 Å². The van der Waals surface area contributed by atoms with E-state index in [0.717, 1.165) is 11.1 Å². The number of likely N-dealkylation sites (tertiary alicyclic amines) is 1. The highest BCUT2D eigenvalue weighted by Crippen LogP contribution is 2.42. The molecule has 3 N–H and O–H groups in total. The standard InChI is InChI=1S/C22H22FN5O4.CH4O3S/c23-16-1-2-17-19-13(9-31-17)10-32-18-7-14(12-3-5-27(6-4-12)22(29)30)20-26-25-11-28(20)21(18)24-8-15(16)19;1-5(2,3)4/h1-2,7,11-13,24H,3-6,8-10H2,(H,29,30);1H3,(H,2,3,4)/t13-;/m0./s1. The van der Waals surface area contributed by atoms with Crippen LogP contribution in [0, 0.1) is 5.82 Å². The lowest BCUT2D eigenvalue weighted by molar-refractivity contribution is 0.132. The van der Waals surface area contributed by atoms with E-state index in [9.17, 15) is 22.7 Å². The molecular weight excluding hydrogens is 509 g/mol. The number of carboxylic acid groups (broad SMARTS) is 1. The van der Waals surface area contributed by atoms with Gasteiger partial charge in [-0.05, 0) is 37.0 Å². The van der Waals surface area contributed by atoms with E-state index in [1.165, 1.54) is 11.0 Å². The van der Waals surface area contributed by atoms with Crippen LogP contribution in [0.15, 0.2) is 24.5 Å². The smallest absolute Gasteiger partial charge is 0.407 e. The Morgan fingerprint density at radius 3 is 2.51 bits per heavy atom. The summed E-state index contributed by atoms with van der Waals surface area (Å²) in [5.41, 5.74) is 3.15. The minimum absolute atomic E-state index is 0.0534. The van der Waals surface area contributed by atoms with Crippen LogP contribution in [-0.4, -0.2) is 76.2 Å². The van der Waals surface area contributed by atoms with Crippen molar-refractivity contribution in [3.05, 3.63) is 47.0 Å². The molecular formula is C23H26FN5O7S. The number of hydrogen-bond acceptors (Lipinski definition) is 8. The van der Waals surface area contributed by atoms with E-state index >= 15 is 0 Å². The van der Waals surface area contributed by atoms with Gasteiger partial charge in [0.1, 0.15) is 17.9 Å². The molecule has 0 bridgehead atoms. The summed E-state index contributed by atoms with van der Waals surface area (Å²) in [6.07, 6.45) is 2.86. The Hall–Kier alpha value is -3.65. The van der Waals surface area contributed by atoms with Gasteiger partial charge in [-0.3, -0.25) is 8.95 Å². The van der Waals surface area contributed by atoms with Gasteiger partial charge in [-0.2, -0.15) is 8.42 Å². The Bertz CT molecular complexity index is 1450. The number of piperidine rings is 1. The first-order valence-corrected chi connectivity index (χ1v) is 13.5. The Balaban J connectivity index is 0.000000514. The van der Waals surface area contributed by atoms with Crippen LogP contribution >= 0.6 is 0 Å². The summed E-state index contributed by atoms with van der Waals surface area (Å²) in [4.78, 5) is 12.7. The van der Waals surface area contributed by atoms with Gasteiger partial charge in [0.25, 0.3) is 10.1 Å². The van der Waals surface area contributed by atoms with Crippen molar-refractivity contribution < 1.29 is 36.7 Å². The lowest BCUT2D eigenvalue weighted by Gasteiger charge is -2.30. The number of amides is 1. The zero-order valence-electron chi connectivity index (χ0n) is 19.9. The lowest BCUT2D eigenvalue weighted by atomic mass is 9.90. The molecule has 1 amide bonds. The quantitative estimate of drug-likeness (QED) is 0.396. The summed E-state index contributed by atoms with van der Waals surface area (Å²) in [5.74, 6) is 1.86. The van der Waals surface area contributed by atoms with Crippen LogP contribution in [0.2, 0.25) is 0 Å². The fourth-order valence-corrected chi connectivity index (χ4v) is 5.09. The Morgan fingerprint density at radius 1 is 1.16 bits per heavy atom. The van der Waals surface area contributed by atoms with E-state index in [4.69, 9.17) is 14.0 Å². The third-order valence-electron chi connectivity index (χ3n) is 6.75. The molecule has 3 aliphatic rings. The first kappa shape index (κ1) is 25.0. The Labute approximate surface area is 211 Å². The lowest BCUT2D eigenvalue weighted by Crippen LogP contribution is -2.36. The molecule has 0 aliphatic carbocycles. The molecule has 1 aromatic carbocycles. The molecule has 0 saturated carbocycles. The van der Waals surface area contributed by atoms with Gasteiger partial charge in [-0.25, -0.2) is 9.18 Å². The van der Waals surface area contributed by atoms with Crippen LogP contribution in [0.25, 0.3) is 5.65 Å². The second-order valence-corrected chi connectivity index (χ2v) is 10.7. The molecule has 0 radical (unpaired) electrons. The van der Waals surface area contributed by atoms with E-state index in [-0.39, 0.29) is 24.2 Å². The van der Waals surface area contributed by atoms with Crippen molar-refractivity contribution in [2.75, 3.05) is 37.9 Å². The summed E-state index contributed by atoms with van der Waals surface area (Å²) in [5, 5.41) is 21.0. The maximum Gasteiger partial charge on any atom is 0.407 e. The van der Waals surface area contributed by atoms with E-state index in [1.54, 1.807) is 12.4 Å². The van der Waals surface area contributed by atoms with Crippen molar-refractivity contribution in [1.29, 1.82) is 0 Å². The topological polar surface area (TPSA) is 156 Å². The normalized spacial score (nSPS) is 19.1. The maximum atomic E-state index is 14.7. The molecule has 1 saturated heterocycles. The SMILES string of the molecule is CS(=O)(=O)O.O=C(O)N1CCC(c2cc3c(n4cnnc24)NCc2c(F)ccc4c2[C@@H](CO4)CO3)CC1. The zero-order chi connectivity index (χ0) is 26.3. The van der Waals surface area contributed by atoms with E-state index < -0.39 is 16.2 Å². The third-order valence-corrected chi connectivity index (χ3v) is 6.75. The number of nitrogens with zero attached hydrogens (tertiary/aromatic N) is 4. The third kappa shape index (κ3) is 5.11. The highest BCUT2D eigenvalue weighted by Gasteiger charge is 2.32. The van der Waals surface area contributed by atoms with Gasteiger partial charge >= 0.3 is 6.09 Å². The number of aromatic nitrogens is 3. The molecule has 2 aromatic heterocycles. The van der Waals surface area contributed by atoms with Gasteiger partial charge < -0.3 is 24.8 Å². The molecule has 0 unspecified atom stereocenters. The number of nitrogens with one attached hydrogen (secondary N) is 1. The fourth-order valence-electron chi connectivity index (χ4n) is 5.09. The molecule has 1 fully saturated rings. The number of anilines is 1. The van der Waals surface area contributed by atoms with Gasteiger partial charge in [0.05, 0.1) is 25.4 Å². The van der Waals surface area contributed by atoms with Gasteiger partial charge in [0, 0.05) is 36.3 Å². The van der Waals surface area contributed by atoms with Gasteiger partial charge in [0.15, 0.2) is 17.2 Å². The predicted octanol–water partition coefficient (Wildman–Crippen LogP) is 2.71. The Morgan fingerprint density at radius 2 is 1.84 bits per heavy atom. The van der Waals surface area contributed by atoms with Crippen molar-refractivity contribution in [2.24, 2.45) is 0 Å². The minimum atomic E-state index is -3.67. The molecule has 5 heterocycles. The van der Waals surface area contributed by atoms with Gasteiger partial charge in [-0.15, -0.1) is 10.2 Å². The molecule has 1 atom stereocenters. The monoisotopic (exact) mass is 535 g/mol. The minimum Gasteiger partial charge on any atom is -0.493 e. The molecule has 37 heavy (non-hydrogen) atoms. The average Bonchev–Trinajstić information content (AvgIpc) is 3.49. The Kier molecular flexibility index (Phi) is 6.54. The zero-order valence-corrected chi connectivity index (χ0v) is 20.7. The summed E-state index contributed by atoms with van der Waals surface area (Å²) < 4.78 is 54.5. The number of halogens is 1. The van der Waals surface area contributed by atoms with Crippen molar-refractivity contribution in [3.63, 3.8) is 0 Å². The van der Waals surface area contributed by atoms with Crippen molar-refractivity contribution in [2.45, 2.75) is 31.2 Å². The van der Waals surface area contributed by atoms with Crippen LogP contribution in [0.1, 0.15) is 41.4 Å². The number of fused-ring (bicyclic) bond motifs is 3. The second kappa shape index (κ2) is 9.67. The van der Waals surface area contributed by atoms with Gasteiger partial charge in [0.2, 0.25) is 0 Å². The second-order valence-electron chi connectivity index (χ2n) is 9.22. The highest BCUT2D eigenvalue weighted by molar-refractivity contribution is 7.85. The number of carbonyl (C=O) groups is 1. The van der Waals surface area contributed by atoms with Crippen LogP contribution < -0.4 is 14.8 Å². The molecule has 12 nitrogen and oxygen atoms in total. The van der Waals surface area contributed by atoms with Crippen LogP contribution in [-0.2, 0) is 16.7 Å². The number of hydrogen-bond donors (Lipinski definition) is 3. The van der Waals surface area contributed by atoms with E-state index in [1.807, 2.05) is 10.5 Å². The highest BCUT2D eigenvalue weighted by atomic mass is 32.2. The molecule has 3 aliphatic heterocycles. The summed E-state index contributed by atoms with van der Waals surface area (Å²) in [6.45, 7) is 2.06. The first-order chi connectivity index (χ1) is 17.6. The van der Waals surface area contributed by atoms with Gasteiger partial charge in [-0.1, -0.05) is 0 Å². The molecule has 6 rings (SSSR count). The molecule has 3 aromatic rings. The van der Waals surface area contributed by atoms with Crippen molar-refractivity contribution >= 4 is 27.7 Å². The number of rotatable bonds is 1. The number of ether oxygens (including phenoxy) is 2. The number of pyridine rings is 1. The van der Waals surface area contributed by atoms with E-state index in [2.05, 4.69) is 15.5 Å². The largest absolute Gasteiger partial charge is 0.493 e. The first-order valence-electron chi connectivity index (χ1n) is 11.7. The maximum absolute atomic E-state index is 14.7. The average molecular weight is 536 g/mol. The predicted molar refractivity (Wildman–Crippen MR) is 129 cm³/mol.